The van der Waals surface area contributed by atoms with Gasteiger partial charge in [-0.3, -0.25) is 0 Å². The van der Waals surface area contributed by atoms with E-state index in [1.807, 2.05) is 0 Å². The SMILES string of the molecule is CCCCCCCCCC(OC(CCCCCCCCC)(C1CCCC1)C1CO1)(C1CCCC1)C1CO1. The molecule has 3 nitrogen and oxygen atoms in total. The highest BCUT2D eigenvalue weighted by molar-refractivity contribution is 5.09. The second-order valence-electron chi connectivity index (χ2n) is 13.4. The molecule has 0 bridgehead atoms. The van der Waals surface area contributed by atoms with E-state index in [1.54, 1.807) is 0 Å². The minimum Gasteiger partial charge on any atom is -0.370 e. The highest BCUT2D eigenvalue weighted by atomic mass is 16.6. The monoisotopic (exact) mass is 518 g/mol. The first-order chi connectivity index (χ1) is 18.2. The fraction of sp³-hybridized carbons (Fsp3) is 1.00. The Hall–Kier alpha value is -0.120. The van der Waals surface area contributed by atoms with Crippen molar-refractivity contribution >= 4 is 0 Å². The standard InChI is InChI=1S/C34H62O3/c1-3-5-7-9-11-13-19-25-33(31-27-35-31,29-21-15-16-22-29)37-34(32-28-36-32,30-23-17-18-24-30)26-20-14-12-10-8-6-4-2/h29-32H,3-28H2,1-2H3. The van der Waals surface area contributed by atoms with Gasteiger partial charge in [0.25, 0.3) is 0 Å². The molecule has 0 radical (unpaired) electrons. The molecule has 2 aliphatic heterocycles. The average molecular weight is 519 g/mol. The molecule has 3 heteroatoms. The van der Waals surface area contributed by atoms with E-state index in [9.17, 15) is 0 Å². The van der Waals surface area contributed by atoms with Gasteiger partial charge < -0.3 is 14.2 Å². The number of ether oxygens (including phenoxy) is 3. The number of rotatable bonds is 22. The molecule has 0 aromatic heterocycles. The molecule has 0 aromatic carbocycles. The van der Waals surface area contributed by atoms with Crippen molar-refractivity contribution in [1.82, 2.24) is 0 Å². The minimum absolute atomic E-state index is 0.0599. The Balaban J connectivity index is 1.45. The average Bonchev–Trinajstić information content (AvgIpc) is 3.83. The summed E-state index contributed by atoms with van der Waals surface area (Å²) >= 11 is 0. The van der Waals surface area contributed by atoms with Gasteiger partial charge in [0.15, 0.2) is 0 Å². The zero-order valence-corrected chi connectivity index (χ0v) is 24.9. The lowest BCUT2D eigenvalue weighted by Crippen LogP contribution is -2.57. The first-order valence-electron chi connectivity index (χ1n) is 17.2. The first-order valence-corrected chi connectivity index (χ1v) is 17.2. The molecule has 4 unspecified atom stereocenters. The number of unbranched alkanes of at least 4 members (excludes halogenated alkanes) is 12. The second-order valence-corrected chi connectivity index (χ2v) is 13.4. The van der Waals surface area contributed by atoms with Crippen molar-refractivity contribution in [2.75, 3.05) is 13.2 Å². The molecule has 2 saturated carbocycles. The zero-order valence-electron chi connectivity index (χ0n) is 24.9. The van der Waals surface area contributed by atoms with Crippen LogP contribution in [0.2, 0.25) is 0 Å². The normalized spacial score (nSPS) is 27.4. The fourth-order valence-corrected chi connectivity index (χ4v) is 8.22. The van der Waals surface area contributed by atoms with Crippen LogP contribution in [0.25, 0.3) is 0 Å². The molecule has 0 N–H and O–H groups in total. The summed E-state index contributed by atoms with van der Waals surface area (Å²) < 4.78 is 20.3. The number of hydrogen-bond donors (Lipinski definition) is 0. The van der Waals surface area contributed by atoms with Crippen LogP contribution in [-0.4, -0.2) is 36.6 Å². The van der Waals surface area contributed by atoms with Gasteiger partial charge in [0.1, 0.15) is 23.4 Å². The maximum atomic E-state index is 7.88. The summed E-state index contributed by atoms with van der Waals surface area (Å²) in [5, 5.41) is 0. The molecule has 2 heterocycles. The van der Waals surface area contributed by atoms with Crippen LogP contribution in [0.15, 0.2) is 0 Å². The fourth-order valence-electron chi connectivity index (χ4n) is 8.22. The summed E-state index contributed by atoms with van der Waals surface area (Å²) in [7, 11) is 0. The summed E-state index contributed by atoms with van der Waals surface area (Å²) in [5.74, 6) is 1.38. The quantitative estimate of drug-likeness (QED) is 0.106. The van der Waals surface area contributed by atoms with Crippen molar-refractivity contribution in [3.63, 3.8) is 0 Å². The summed E-state index contributed by atoms with van der Waals surface area (Å²) in [4.78, 5) is 0. The molecule has 2 aliphatic carbocycles. The highest BCUT2D eigenvalue weighted by Crippen LogP contribution is 2.54. The molecule has 0 spiro atoms. The summed E-state index contributed by atoms with van der Waals surface area (Å²) in [6.45, 7) is 6.48. The van der Waals surface area contributed by atoms with Gasteiger partial charge in [-0.15, -0.1) is 0 Å². The Kier molecular flexibility index (Phi) is 12.6. The van der Waals surface area contributed by atoms with Gasteiger partial charge >= 0.3 is 0 Å². The van der Waals surface area contributed by atoms with Gasteiger partial charge in [-0.1, -0.05) is 129 Å². The van der Waals surface area contributed by atoms with Gasteiger partial charge in [0.2, 0.25) is 0 Å². The van der Waals surface area contributed by atoms with E-state index in [4.69, 9.17) is 14.2 Å². The Bertz CT molecular complexity index is 550. The van der Waals surface area contributed by atoms with Gasteiger partial charge in [0, 0.05) is 0 Å². The van der Waals surface area contributed by atoms with E-state index >= 15 is 0 Å². The zero-order chi connectivity index (χ0) is 25.8. The molecule has 37 heavy (non-hydrogen) atoms. The van der Waals surface area contributed by atoms with Gasteiger partial charge in [-0.25, -0.2) is 0 Å². The van der Waals surface area contributed by atoms with Crippen molar-refractivity contribution in [3.8, 4) is 0 Å². The number of hydrogen-bond acceptors (Lipinski definition) is 3. The molecule has 4 fully saturated rings. The first kappa shape index (κ1) is 29.9. The van der Waals surface area contributed by atoms with Crippen molar-refractivity contribution < 1.29 is 14.2 Å². The van der Waals surface area contributed by atoms with Crippen LogP contribution in [0.5, 0.6) is 0 Å². The van der Waals surface area contributed by atoms with Crippen molar-refractivity contribution in [1.29, 1.82) is 0 Å². The molecule has 4 atom stereocenters. The van der Waals surface area contributed by atoms with Crippen molar-refractivity contribution in [2.24, 2.45) is 11.8 Å². The third-order valence-electron chi connectivity index (χ3n) is 10.6. The molecule has 4 aliphatic rings. The van der Waals surface area contributed by atoms with Gasteiger partial charge in [0.05, 0.1) is 13.2 Å². The molecule has 4 rings (SSSR count). The smallest absolute Gasteiger partial charge is 0.110 e. The van der Waals surface area contributed by atoms with E-state index in [1.165, 1.54) is 154 Å². The highest BCUT2D eigenvalue weighted by Gasteiger charge is 2.62. The molecule has 0 amide bonds. The van der Waals surface area contributed by atoms with E-state index < -0.39 is 0 Å². The topological polar surface area (TPSA) is 34.3 Å². The van der Waals surface area contributed by atoms with Crippen LogP contribution in [0.3, 0.4) is 0 Å². The van der Waals surface area contributed by atoms with Crippen molar-refractivity contribution in [2.45, 2.75) is 191 Å². The summed E-state index contributed by atoms with van der Waals surface area (Å²) in [6, 6.07) is 0. The van der Waals surface area contributed by atoms with Crippen LogP contribution in [-0.2, 0) is 14.2 Å². The third kappa shape index (κ3) is 8.43. The summed E-state index contributed by atoms with van der Waals surface area (Å²) in [6.07, 6.45) is 33.3. The largest absolute Gasteiger partial charge is 0.370 e. The van der Waals surface area contributed by atoms with Crippen LogP contribution < -0.4 is 0 Å². The van der Waals surface area contributed by atoms with E-state index in [0.29, 0.717) is 24.0 Å². The Morgan fingerprint density at radius 3 is 1.16 bits per heavy atom. The lowest BCUT2D eigenvalue weighted by Gasteiger charge is -2.49. The third-order valence-corrected chi connectivity index (χ3v) is 10.6. The molecule has 216 valence electrons. The predicted octanol–water partition coefficient (Wildman–Crippen LogP) is 9.94. The molecular formula is C34H62O3. The van der Waals surface area contributed by atoms with Gasteiger partial charge in [-0.05, 0) is 50.4 Å². The van der Waals surface area contributed by atoms with E-state index in [2.05, 4.69) is 13.8 Å². The summed E-state index contributed by atoms with van der Waals surface area (Å²) in [5.41, 5.74) is -0.120. The number of epoxide rings is 2. The van der Waals surface area contributed by atoms with Crippen LogP contribution >= 0.6 is 0 Å². The van der Waals surface area contributed by atoms with Crippen LogP contribution in [0, 0.1) is 11.8 Å². The Morgan fingerprint density at radius 2 is 0.838 bits per heavy atom. The van der Waals surface area contributed by atoms with Gasteiger partial charge in [-0.2, -0.15) is 0 Å². The van der Waals surface area contributed by atoms with Crippen LogP contribution in [0.4, 0.5) is 0 Å². The molecular weight excluding hydrogens is 456 g/mol. The maximum Gasteiger partial charge on any atom is 0.110 e. The Labute approximate surface area is 230 Å². The maximum absolute atomic E-state index is 7.88. The van der Waals surface area contributed by atoms with Crippen molar-refractivity contribution in [3.05, 3.63) is 0 Å². The van der Waals surface area contributed by atoms with Crippen LogP contribution in [0.1, 0.15) is 168 Å². The molecule has 2 saturated heterocycles. The van der Waals surface area contributed by atoms with E-state index in [-0.39, 0.29) is 11.2 Å². The molecule has 0 aromatic rings. The Morgan fingerprint density at radius 1 is 0.514 bits per heavy atom. The lowest BCUT2D eigenvalue weighted by atomic mass is 9.74. The predicted molar refractivity (Wildman–Crippen MR) is 155 cm³/mol. The second kappa shape index (κ2) is 15.6. The van der Waals surface area contributed by atoms with E-state index in [0.717, 1.165) is 13.2 Å². The minimum atomic E-state index is -0.0599. The lowest BCUT2D eigenvalue weighted by molar-refractivity contribution is -0.227.